The van der Waals surface area contributed by atoms with Gasteiger partial charge in [-0.1, -0.05) is 45.4 Å². The molecule has 0 aliphatic carbocycles. The fourth-order valence-electron chi connectivity index (χ4n) is 2.81. The number of unbranched alkanes of at least 4 members (excludes halogenated alkanes) is 7. The van der Waals surface area contributed by atoms with E-state index in [1.54, 1.807) is 0 Å². The Morgan fingerprint density at radius 1 is 0.900 bits per heavy atom. The molecule has 0 atom stereocenters. The second-order valence-electron chi connectivity index (χ2n) is 7.08. The second-order valence-corrected chi connectivity index (χ2v) is 8.46. The van der Waals surface area contributed by atoms with Crippen LogP contribution in [0.5, 0.6) is 5.75 Å². The van der Waals surface area contributed by atoms with Crippen LogP contribution in [0.2, 0.25) is 0 Å². The molecule has 0 saturated carbocycles. The number of amides is 1. The molecule has 0 saturated heterocycles. The van der Waals surface area contributed by atoms with E-state index in [4.69, 9.17) is 4.74 Å². The van der Waals surface area contributed by atoms with Gasteiger partial charge in [0.15, 0.2) is 0 Å². The summed E-state index contributed by atoms with van der Waals surface area (Å²) in [7, 11) is -4.51. The average molecular weight is 450 g/mol. The van der Waals surface area contributed by atoms with Gasteiger partial charge in [0.05, 0.1) is 4.90 Å². The Hall–Kier alpha value is -0.930. The minimum Gasteiger partial charge on any atom is -0.744 e. The maximum absolute atomic E-state index is 11.8. The molecule has 1 aromatic rings. The van der Waals surface area contributed by atoms with E-state index in [0.717, 1.165) is 37.8 Å². The van der Waals surface area contributed by atoms with Gasteiger partial charge in [-0.05, 0) is 43.5 Å². The van der Waals surface area contributed by atoms with E-state index in [-0.39, 0.29) is 52.5 Å². The first-order valence-corrected chi connectivity index (χ1v) is 11.8. The summed E-state index contributed by atoms with van der Waals surface area (Å²) in [5.74, 6) is -0.136. The molecule has 164 valence electrons. The Kier molecular flexibility index (Phi) is 16.2. The van der Waals surface area contributed by atoms with Crippen molar-refractivity contribution in [2.75, 3.05) is 6.54 Å². The molecule has 0 radical (unpaired) electrons. The molecule has 7 nitrogen and oxygen atoms in total. The van der Waals surface area contributed by atoms with Crippen molar-refractivity contribution in [1.82, 2.24) is 5.32 Å². The van der Waals surface area contributed by atoms with Crippen molar-refractivity contribution in [3.05, 3.63) is 24.3 Å². The summed E-state index contributed by atoms with van der Waals surface area (Å²) in [6.07, 6.45) is 9.99. The Bertz CT molecular complexity index is 722. The van der Waals surface area contributed by atoms with Gasteiger partial charge in [-0.3, -0.25) is 9.59 Å². The van der Waals surface area contributed by atoms with Gasteiger partial charge < -0.3 is 14.6 Å². The molecule has 30 heavy (non-hydrogen) atoms. The van der Waals surface area contributed by atoms with Crippen LogP contribution in [0.3, 0.4) is 0 Å². The first-order chi connectivity index (χ1) is 13.8. The topological polar surface area (TPSA) is 113 Å². The van der Waals surface area contributed by atoms with Crippen molar-refractivity contribution in [1.29, 1.82) is 0 Å². The third-order valence-electron chi connectivity index (χ3n) is 4.48. The predicted molar refractivity (Wildman–Crippen MR) is 110 cm³/mol. The Morgan fingerprint density at radius 3 is 2.10 bits per heavy atom. The molecule has 0 bridgehead atoms. The molecule has 1 amide bonds. The molecule has 0 heterocycles. The number of ether oxygens (including phenoxy) is 1. The zero-order valence-corrected chi connectivity index (χ0v) is 21.0. The first kappa shape index (κ1) is 29.1. The predicted octanol–water partition coefficient (Wildman–Crippen LogP) is 0.927. The van der Waals surface area contributed by atoms with E-state index in [9.17, 15) is 22.6 Å². The maximum atomic E-state index is 11.8. The molecule has 0 aromatic heterocycles. The molecule has 9 heteroatoms. The van der Waals surface area contributed by atoms with Crippen LogP contribution in [-0.2, 0) is 19.7 Å². The third kappa shape index (κ3) is 14.1. The number of hydrogen-bond donors (Lipinski definition) is 1. The molecule has 0 aliphatic heterocycles. The third-order valence-corrected chi connectivity index (χ3v) is 5.33. The minimum absolute atomic E-state index is 0. The molecule has 0 aliphatic rings. The molecule has 1 N–H and O–H groups in total. The van der Waals surface area contributed by atoms with Crippen molar-refractivity contribution in [3.8, 4) is 5.75 Å². The van der Waals surface area contributed by atoms with Crippen LogP contribution in [0.15, 0.2) is 29.2 Å². The first-order valence-electron chi connectivity index (χ1n) is 10.4. The van der Waals surface area contributed by atoms with Crippen molar-refractivity contribution >= 4 is 22.0 Å². The van der Waals surface area contributed by atoms with Gasteiger partial charge in [0.1, 0.15) is 15.9 Å². The molecule has 1 rings (SSSR count). The zero-order valence-electron chi connectivity index (χ0n) is 18.2. The van der Waals surface area contributed by atoms with Crippen LogP contribution >= 0.6 is 0 Å². The van der Waals surface area contributed by atoms with Gasteiger partial charge in [0, 0.05) is 19.4 Å². The van der Waals surface area contributed by atoms with Gasteiger partial charge in [-0.15, -0.1) is 0 Å². The summed E-state index contributed by atoms with van der Waals surface area (Å²) in [6, 6.07) is 4.78. The van der Waals surface area contributed by atoms with Gasteiger partial charge in [0.25, 0.3) is 0 Å². The summed E-state index contributed by atoms with van der Waals surface area (Å²) in [5.41, 5.74) is 0. The van der Waals surface area contributed by atoms with Crippen LogP contribution in [0.1, 0.15) is 77.6 Å². The summed E-state index contributed by atoms with van der Waals surface area (Å²) < 4.78 is 37.6. The van der Waals surface area contributed by atoms with E-state index >= 15 is 0 Å². The van der Waals surface area contributed by atoms with Gasteiger partial charge in [-0.2, -0.15) is 0 Å². The summed E-state index contributed by atoms with van der Waals surface area (Å²) >= 11 is 0. The number of hydrogen-bond acceptors (Lipinski definition) is 6. The van der Waals surface area contributed by atoms with E-state index < -0.39 is 16.1 Å². The summed E-state index contributed by atoms with van der Waals surface area (Å²) in [6.45, 7) is 2.79. The average Bonchev–Trinajstić information content (AvgIpc) is 2.67. The van der Waals surface area contributed by atoms with E-state index in [1.807, 2.05) is 0 Å². The molecule has 0 spiro atoms. The minimum atomic E-state index is -4.51. The van der Waals surface area contributed by atoms with Crippen molar-refractivity contribution in [2.24, 2.45) is 0 Å². The SMILES string of the molecule is CCCCCCCCC(=O)NCCCCCC(=O)Oc1ccc(S(=O)(=O)[O-])cc1.[Na+]. The normalized spacial score (nSPS) is 10.9. The number of carbonyl (C=O) groups is 2. The molecule has 0 unspecified atom stereocenters. The molecule has 0 fully saturated rings. The van der Waals surface area contributed by atoms with Crippen LogP contribution in [0.25, 0.3) is 0 Å². The van der Waals surface area contributed by atoms with E-state index in [2.05, 4.69) is 12.2 Å². The van der Waals surface area contributed by atoms with Crippen molar-refractivity contribution in [3.63, 3.8) is 0 Å². The Labute approximate surface area is 202 Å². The number of carbonyl (C=O) groups excluding carboxylic acids is 2. The molecular weight excluding hydrogens is 417 g/mol. The van der Waals surface area contributed by atoms with Crippen LogP contribution in [-0.4, -0.2) is 31.4 Å². The number of nitrogens with one attached hydrogen (secondary N) is 1. The van der Waals surface area contributed by atoms with Gasteiger partial charge >= 0.3 is 35.5 Å². The summed E-state index contributed by atoms with van der Waals surface area (Å²) in [5, 5.41) is 2.90. The standard InChI is InChI=1S/C21H33NO6S.Na/c1-2-3-4-5-6-8-11-20(23)22-17-10-7-9-12-21(24)28-18-13-15-19(16-14-18)29(25,26)27;/h13-16H,2-12,17H2,1H3,(H,22,23)(H,25,26,27);/q;+1/p-1. The largest absolute Gasteiger partial charge is 1.00 e. The monoisotopic (exact) mass is 449 g/mol. The second kappa shape index (κ2) is 16.7. The maximum Gasteiger partial charge on any atom is 1.00 e. The molecule has 1 aromatic carbocycles. The Morgan fingerprint density at radius 2 is 1.47 bits per heavy atom. The number of benzene rings is 1. The van der Waals surface area contributed by atoms with Crippen molar-refractivity contribution in [2.45, 2.75) is 82.4 Å². The fourth-order valence-corrected chi connectivity index (χ4v) is 3.28. The zero-order chi connectivity index (χ0) is 21.5. The van der Waals surface area contributed by atoms with Crippen LogP contribution < -0.4 is 39.6 Å². The van der Waals surface area contributed by atoms with Gasteiger partial charge in [0.2, 0.25) is 5.91 Å². The van der Waals surface area contributed by atoms with E-state index in [1.165, 1.54) is 37.8 Å². The van der Waals surface area contributed by atoms with Gasteiger partial charge in [-0.25, -0.2) is 8.42 Å². The van der Waals surface area contributed by atoms with Crippen LogP contribution in [0, 0.1) is 0 Å². The summed E-state index contributed by atoms with van der Waals surface area (Å²) in [4.78, 5) is 23.1. The number of esters is 1. The number of rotatable bonds is 15. The van der Waals surface area contributed by atoms with Crippen molar-refractivity contribution < 1.29 is 56.9 Å². The fraction of sp³-hybridized carbons (Fsp3) is 0.619. The van der Waals surface area contributed by atoms with Crippen LogP contribution in [0.4, 0.5) is 0 Å². The molecular formula is C21H32NNaO6S. The quantitative estimate of drug-likeness (QED) is 0.140. The van der Waals surface area contributed by atoms with E-state index in [0.29, 0.717) is 19.4 Å². The Balaban J connectivity index is 0.00000841. The smallest absolute Gasteiger partial charge is 0.744 e.